The molecule has 0 bridgehead atoms. The predicted octanol–water partition coefficient (Wildman–Crippen LogP) is 0.497. The molecule has 15 heavy (non-hydrogen) atoms. The van der Waals surface area contributed by atoms with Crippen LogP contribution in [0.5, 0.6) is 0 Å². The Morgan fingerprint density at radius 2 is 1.73 bits per heavy atom. The maximum Gasteiger partial charge on any atom is 0.0206 e. The number of nitrogens with one attached hydrogen (secondary N) is 2. The maximum absolute atomic E-state index is 5.40. The van der Waals surface area contributed by atoms with Crippen molar-refractivity contribution in [2.75, 3.05) is 26.7 Å². The van der Waals surface area contributed by atoms with E-state index < -0.39 is 0 Å². The van der Waals surface area contributed by atoms with E-state index in [-0.39, 0.29) is 0 Å². The van der Waals surface area contributed by atoms with Crippen LogP contribution < -0.4 is 16.4 Å². The first-order valence-electron chi connectivity index (χ1n) is 5.50. The lowest BCUT2D eigenvalue weighted by atomic mass is 10.1. The highest BCUT2D eigenvalue weighted by Crippen LogP contribution is 2.04. The van der Waals surface area contributed by atoms with Crippen LogP contribution in [0.25, 0.3) is 0 Å². The third kappa shape index (κ3) is 4.93. The lowest BCUT2D eigenvalue weighted by Crippen LogP contribution is -2.21. The normalized spacial score (nSPS) is 10.5. The highest BCUT2D eigenvalue weighted by Gasteiger charge is 1.94. The fourth-order valence-corrected chi connectivity index (χ4v) is 1.43. The van der Waals surface area contributed by atoms with Crippen LogP contribution in [-0.2, 0) is 13.0 Å². The Bertz CT molecular complexity index is 256. The van der Waals surface area contributed by atoms with Gasteiger partial charge in [-0.15, -0.1) is 0 Å². The fraction of sp³-hybridized carbons (Fsp3) is 0.500. The Labute approximate surface area is 92.1 Å². The van der Waals surface area contributed by atoms with E-state index in [0.29, 0.717) is 6.54 Å². The molecule has 1 aromatic rings. The van der Waals surface area contributed by atoms with Crippen molar-refractivity contribution in [3.8, 4) is 0 Å². The molecule has 0 heterocycles. The van der Waals surface area contributed by atoms with Crippen LogP contribution in [0.4, 0.5) is 0 Å². The first kappa shape index (κ1) is 12.2. The Morgan fingerprint density at radius 3 is 2.33 bits per heavy atom. The van der Waals surface area contributed by atoms with Gasteiger partial charge in [0.25, 0.3) is 0 Å². The zero-order valence-electron chi connectivity index (χ0n) is 9.42. The van der Waals surface area contributed by atoms with Gasteiger partial charge < -0.3 is 16.4 Å². The van der Waals surface area contributed by atoms with E-state index in [9.17, 15) is 0 Å². The van der Waals surface area contributed by atoms with Crippen molar-refractivity contribution in [2.24, 2.45) is 5.73 Å². The molecule has 0 aliphatic heterocycles. The van der Waals surface area contributed by atoms with Gasteiger partial charge in [0.2, 0.25) is 0 Å². The minimum atomic E-state index is 0.695. The summed E-state index contributed by atoms with van der Waals surface area (Å²) in [6.45, 7) is 3.51. The SMILES string of the molecule is CNCCc1ccc(CNCCN)cc1. The first-order chi connectivity index (χ1) is 7.36. The van der Waals surface area contributed by atoms with E-state index in [1.165, 1.54) is 11.1 Å². The molecule has 84 valence electrons. The van der Waals surface area contributed by atoms with E-state index in [4.69, 9.17) is 5.73 Å². The van der Waals surface area contributed by atoms with Crippen molar-refractivity contribution in [3.63, 3.8) is 0 Å². The average molecular weight is 207 g/mol. The van der Waals surface area contributed by atoms with Crippen LogP contribution >= 0.6 is 0 Å². The van der Waals surface area contributed by atoms with Crippen LogP contribution in [0, 0.1) is 0 Å². The average Bonchev–Trinajstić information content (AvgIpc) is 2.28. The van der Waals surface area contributed by atoms with Gasteiger partial charge in [-0.1, -0.05) is 24.3 Å². The zero-order chi connectivity index (χ0) is 10.9. The monoisotopic (exact) mass is 207 g/mol. The molecule has 1 aromatic carbocycles. The summed E-state index contributed by atoms with van der Waals surface area (Å²) in [4.78, 5) is 0. The van der Waals surface area contributed by atoms with Gasteiger partial charge in [0, 0.05) is 19.6 Å². The summed E-state index contributed by atoms with van der Waals surface area (Å²) in [5, 5.41) is 6.42. The molecule has 0 saturated carbocycles. The van der Waals surface area contributed by atoms with Crippen molar-refractivity contribution in [3.05, 3.63) is 35.4 Å². The summed E-state index contributed by atoms with van der Waals surface area (Å²) in [6.07, 6.45) is 1.09. The van der Waals surface area contributed by atoms with Crippen molar-refractivity contribution in [2.45, 2.75) is 13.0 Å². The zero-order valence-corrected chi connectivity index (χ0v) is 9.42. The molecule has 1 rings (SSSR count). The number of hydrogen-bond donors (Lipinski definition) is 3. The van der Waals surface area contributed by atoms with Crippen molar-refractivity contribution < 1.29 is 0 Å². The molecule has 0 amide bonds. The Balaban J connectivity index is 2.35. The van der Waals surface area contributed by atoms with Crippen LogP contribution in [0.1, 0.15) is 11.1 Å². The summed E-state index contributed by atoms with van der Waals surface area (Å²) < 4.78 is 0. The predicted molar refractivity (Wildman–Crippen MR) is 64.8 cm³/mol. The fourth-order valence-electron chi connectivity index (χ4n) is 1.43. The maximum atomic E-state index is 5.40. The summed E-state index contributed by atoms with van der Waals surface area (Å²) in [5.74, 6) is 0. The molecule has 0 aromatic heterocycles. The molecule has 0 aliphatic carbocycles. The molecule has 0 aliphatic rings. The van der Waals surface area contributed by atoms with Crippen molar-refractivity contribution in [1.82, 2.24) is 10.6 Å². The third-order valence-corrected chi connectivity index (χ3v) is 2.34. The summed E-state index contributed by atoms with van der Waals surface area (Å²) in [5.41, 5.74) is 8.10. The second-order valence-corrected chi connectivity index (χ2v) is 3.64. The van der Waals surface area contributed by atoms with Gasteiger partial charge in [0.15, 0.2) is 0 Å². The van der Waals surface area contributed by atoms with Crippen LogP contribution in [-0.4, -0.2) is 26.7 Å². The molecular weight excluding hydrogens is 186 g/mol. The quantitative estimate of drug-likeness (QED) is 0.571. The highest BCUT2D eigenvalue weighted by molar-refractivity contribution is 5.22. The third-order valence-electron chi connectivity index (χ3n) is 2.34. The molecule has 4 N–H and O–H groups in total. The number of nitrogens with two attached hydrogens (primary N) is 1. The standard InChI is InChI=1S/C12H21N3/c1-14-8-6-11-2-4-12(5-3-11)10-15-9-7-13/h2-5,14-15H,6-10,13H2,1H3. The summed E-state index contributed by atoms with van der Waals surface area (Å²) in [6, 6.07) is 8.73. The highest BCUT2D eigenvalue weighted by atomic mass is 14.9. The summed E-state index contributed by atoms with van der Waals surface area (Å²) in [7, 11) is 1.98. The van der Waals surface area contributed by atoms with Gasteiger partial charge in [-0.25, -0.2) is 0 Å². The summed E-state index contributed by atoms with van der Waals surface area (Å²) >= 11 is 0. The number of benzene rings is 1. The van der Waals surface area contributed by atoms with Gasteiger partial charge in [0.1, 0.15) is 0 Å². The number of likely N-dealkylation sites (N-methyl/N-ethyl adjacent to an activating group) is 1. The molecule has 0 radical (unpaired) electrons. The minimum Gasteiger partial charge on any atom is -0.329 e. The van der Waals surface area contributed by atoms with E-state index in [1.807, 2.05) is 7.05 Å². The number of hydrogen-bond acceptors (Lipinski definition) is 3. The lowest BCUT2D eigenvalue weighted by Gasteiger charge is -2.05. The molecule has 0 saturated heterocycles. The lowest BCUT2D eigenvalue weighted by molar-refractivity contribution is 0.694. The van der Waals surface area contributed by atoms with Crippen LogP contribution in [0.2, 0.25) is 0 Å². The van der Waals surface area contributed by atoms with Gasteiger partial charge >= 0.3 is 0 Å². The molecule has 0 spiro atoms. The molecule has 0 fully saturated rings. The Hall–Kier alpha value is -0.900. The van der Waals surface area contributed by atoms with E-state index in [0.717, 1.165) is 26.1 Å². The second kappa shape index (κ2) is 7.40. The van der Waals surface area contributed by atoms with E-state index in [2.05, 4.69) is 34.9 Å². The van der Waals surface area contributed by atoms with E-state index >= 15 is 0 Å². The molecule has 0 atom stereocenters. The molecular formula is C12H21N3. The minimum absolute atomic E-state index is 0.695. The largest absolute Gasteiger partial charge is 0.329 e. The second-order valence-electron chi connectivity index (χ2n) is 3.64. The molecule has 3 heteroatoms. The number of rotatable bonds is 7. The van der Waals surface area contributed by atoms with Crippen molar-refractivity contribution >= 4 is 0 Å². The molecule has 0 unspecified atom stereocenters. The Morgan fingerprint density at radius 1 is 1.07 bits per heavy atom. The van der Waals surface area contributed by atoms with Crippen molar-refractivity contribution in [1.29, 1.82) is 0 Å². The van der Waals surface area contributed by atoms with Gasteiger partial charge in [0.05, 0.1) is 0 Å². The van der Waals surface area contributed by atoms with Gasteiger partial charge in [-0.3, -0.25) is 0 Å². The van der Waals surface area contributed by atoms with Gasteiger partial charge in [-0.05, 0) is 31.1 Å². The topological polar surface area (TPSA) is 50.1 Å². The smallest absolute Gasteiger partial charge is 0.0206 e. The first-order valence-corrected chi connectivity index (χ1v) is 5.50. The van der Waals surface area contributed by atoms with Crippen LogP contribution in [0.3, 0.4) is 0 Å². The Kier molecular flexibility index (Phi) is 6.00. The van der Waals surface area contributed by atoms with E-state index in [1.54, 1.807) is 0 Å². The van der Waals surface area contributed by atoms with Gasteiger partial charge in [-0.2, -0.15) is 0 Å². The van der Waals surface area contributed by atoms with Crippen LogP contribution in [0.15, 0.2) is 24.3 Å². The molecule has 3 nitrogen and oxygen atoms in total.